The van der Waals surface area contributed by atoms with Crippen LogP contribution >= 0.6 is 0 Å². The quantitative estimate of drug-likeness (QED) is 0.689. The highest BCUT2D eigenvalue weighted by molar-refractivity contribution is 6.05. The highest BCUT2D eigenvalue weighted by Crippen LogP contribution is 2.46. The van der Waals surface area contributed by atoms with E-state index in [4.69, 9.17) is 10.5 Å². The fraction of sp³-hybridized carbons (Fsp3) is 0.174. The zero-order valence-corrected chi connectivity index (χ0v) is 15.5. The molecule has 28 heavy (non-hydrogen) atoms. The van der Waals surface area contributed by atoms with Gasteiger partial charge >= 0.3 is 0 Å². The fourth-order valence-corrected chi connectivity index (χ4v) is 4.03. The summed E-state index contributed by atoms with van der Waals surface area (Å²) in [6.07, 6.45) is 0.907. The topological polar surface area (TPSA) is 58.8 Å². The Kier molecular flexibility index (Phi) is 4.02. The molecule has 1 amide bonds. The third kappa shape index (κ3) is 2.80. The zero-order valence-electron chi connectivity index (χ0n) is 15.5. The summed E-state index contributed by atoms with van der Waals surface area (Å²) < 4.78 is 5.99. The van der Waals surface area contributed by atoms with Crippen molar-refractivity contribution < 1.29 is 9.53 Å². The largest absolute Gasteiger partial charge is 0.453 e. The van der Waals surface area contributed by atoms with Crippen LogP contribution in [0.15, 0.2) is 66.7 Å². The third-order valence-corrected chi connectivity index (χ3v) is 5.43. The van der Waals surface area contributed by atoms with Crippen molar-refractivity contribution >= 4 is 23.0 Å². The van der Waals surface area contributed by atoms with Crippen molar-refractivity contribution in [2.45, 2.75) is 13.0 Å². The number of carbonyl (C=O) groups is 1. The minimum atomic E-state index is 0.0288. The summed E-state index contributed by atoms with van der Waals surface area (Å²) in [5.41, 5.74) is 11.0. The van der Waals surface area contributed by atoms with Gasteiger partial charge in [-0.3, -0.25) is 14.6 Å². The number of fused-ring (bicyclic) bond motifs is 3. The second-order valence-corrected chi connectivity index (χ2v) is 7.21. The van der Waals surface area contributed by atoms with Crippen molar-refractivity contribution in [2.75, 3.05) is 23.7 Å². The monoisotopic (exact) mass is 371 g/mol. The average Bonchev–Trinajstić information content (AvgIpc) is 2.72. The molecule has 5 heteroatoms. The molecule has 3 aromatic carbocycles. The predicted molar refractivity (Wildman–Crippen MR) is 110 cm³/mol. The Balaban J connectivity index is 1.44. The minimum Gasteiger partial charge on any atom is -0.453 e. The number of para-hydroxylation sites is 4. The smallest absolute Gasteiger partial charge is 0.245 e. The Morgan fingerprint density at radius 1 is 0.929 bits per heavy atom. The summed E-state index contributed by atoms with van der Waals surface area (Å²) in [5.74, 6) is 1.42. The second kappa shape index (κ2) is 6.69. The van der Waals surface area contributed by atoms with Crippen LogP contribution in [0, 0.1) is 0 Å². The Morgan fingerprint density at radius 2 is 1.61 bits per heavy atom. The Morgan fingerprint density at radius 3 is 2.32 bits per heavy atom. The molecule has 0 unspecified atom stereocenters. The second-order valence-electron chi connectivity index (χ2n) is 7.21. The van der Waals surface area contributed by atoms with Crippen LogP contribution in [0.25, 0.3) is 0 Å². The van der Waals surface area contributed by atoms with Gasteiger partial charge in [0, 0.05) is 18.8 Å². The molecule has 3 aromatic rings. The van der Waals surface area contributed by atoms with Crippen LogP contribution in [0.1, 0.15) is 11.1 Å². The van der Waals surface area contributed by atoms with Crippen molar-refractivity contribution in [3.63, 3.8) is 0 Å². The van der Waals surface area contributed by atoms with Gasteiger partial charge in [0.25, 0.3) is 0 Å². The number of nitrogens with two attached hydrogens (primary N) is 1. The number of rotatable bonds is 2. The standard InChI is InChI=1S/C23H21N3O2/c24-18-7-5-6-16-12-13-25(14-17(16)18)15-23(27)26-19-8-1-3-10-21(19)28-22-11-4-2-9-20(22)26/h1-11H,12-15,24H2. The normalized spacial score (nSPS) is 15.2. The molecular weight excluding hydrogens is 350 g/mol. The lowest BCUT2D eigenvalue weighted by atomic mass is 9.98. The first-order valence-electron chi connectivity index (χ1n) is 9.48. The zero-order chi connectivity index (χ0) is 19.1. The summed E-state index contributed by atoms with van der Waals surface area (Å²) in [6, 6.07) is 21.4. The van der Waals surface area contributed by atoms with Gasteiger partial charge in [0.1, 0.15) is 0 Å². The number of nitrogen functional groups attached to an aromatic ring is 1. The molecule has 0 saturated heterocycles. The molecule has 5 nitrogen and oxygen atoms in total. The molecule has 2 aliphatic rings. The van der Waals surface area contributed by atoms with Gasteiger partial charge in [0.2, 0.25) is 5.91 Å². The van der Waals surface area contributed by atoms with E-state index in [9.17, 15) is 4.79 Å². The van der Waals surface area contributed by atoms with Gasteiger partial charge in [-0.15, -0.1) is 0 Å². The van der Waals surface area contributed by atoms with Crippen LogP contribution in [0.2, 0.25) is 0 Å². The summed E-state index contributed by atoms with van der Waals surface area (Å²) in [6.45, 7) is 1.87. The van der Waals surface area contributed by atoms with Gasteiger partial charge in [-0.25, -0.2) is 0 Å². The lowest BCUT2D eigenvalue weighted by molar-refractivity contribution is -0.119. The van der Waals surface area contributed by atoms with E-state index in [0.29, 0.717) is 24.6 Å². The maximum absolute atomic E-state index is 13.4. The van der Waals surface area contributed by atoms with Crippen LogP contribution in [-0.2, 0) is 17.8 Å². The number of hydrogen-bond donors (Lipinski definition) is 1. The number of ether oxygens (including phenoxy) is 1. The Bertz CT molecular complexity index is 1020. The first-order valence-corrected chi connectivity index (χ1v) is 9.48. The summed E-state index contributed by atoms with van der Waals surface area (Å²) >= 11 is 0. The first-order chi connectivity index (χ1) is 13.7. The van der Waals surface area contributed by atoms with Crippen molar-refractivity contribution in [1.29, 1.82) is 0 Å². The number of amides is 1. The maximum atomic E-state index is 13.4. The molecule has 0 atom stereocenters. The van der Waals surface area contributed by atoms with E-state index in [1.807, 2.05) is 60.7 Å². The molecule has 0 aromatic heterocycles. The van der Waals surface area contributed by atoms with Gasteiger partial charge in [-0.05, 0) is 47.9 Å². The first kappa shape index (κ1) is 16.8. The van der Waals surface area contributed by atoms with Crippen molar-refractivity contribution in [2.24, 2.45) is 0 Å². The molecule has 0 saturated carbocycles. The molecule has 0 aliphatic carbocycles. The predicted octanol–water partition coefficient (Wildman–Crippen LogP) is 4.10. The Labute approximate surface area is 163 Å². The molecule has 5 rings (SSSR count). The number of anilines is 3. The number of hydrogen-bond acceptors (Lipinski definition) is 4. The molecular formula is C23H21N3O2. The summed E-state index contributed by atoms with van der Waals surface area (Å²) in [4.78, 5) is 17.3. The van der Waals surface area contributed by atoms with Crippen LogP contribution < -0.4 is 15.4 Å². The van der Waals surface area contributed by atoms with E-state index in [-0.39, 0.29) is 5.91 Å². The van der Waals surface area contributed by atoms with Gasteiger partial charge in [0.05, 0.1) is 17.9 Å². The fourth-order valence-electron chi connectivity index (χ4n) is 4.03. The van der Waals surface area contributed by atoms with Crippen molar-refractivity contribution in [1.82, 2.24) is 4.90 Å². The van der Waals surface area contributed by atoms with Crippen LogP contribution in [0.5, 0.6) is 11.5 Å². The maximum Gasteiger partial charge on any atom is 0.245 e. The molecule has 2 aliphatic heterocycles. The van der Waals surface area contributed by atoms with Gasteiger partial charge in [-0.2, -0.15) is 0 Å². The highest BCUT2D eigenvalue weighted by atomic mass is 16.5. The van der Waals surface area contributed by atoms with E-state index < -0.39 is 0 Å². The lowest BCUT2D eigenvalue weighted by Crippen LogP contribution is -2.41. The van der Waals surface area contributed by atoms with Gasteiger partial charge < -0.3 is 10.5 Å². The van der Waals surface area contributed by atoms with Crippen LogP contribution in [0.3, 0.4) is 0 Å². The van der Waals surface area contributed by atoms with E-state index >= 15 is 0 Å². The molecule has 0 spiro atoms. The average molecular weight is 371 g/mol. The summed E-state index contributed by atoms with van der Waals surface area (Å²) in [5, 5.41) is 0. The van der Waals surface area contributed by atoms with E-state index in [1.165, 1.54) is 5.56 Å². The molecule has 0 fully saturated rings. The molecule has 140 valence electrons. The molecule has 2 heterocycles. The lowest BCUT2D eigenvalue weighted by Gasteiger charge is -2.34. The van der Waals surface area contributed by atoms with E-state index in [1.54, 1.807) is 4.90 Å². The molecule has 0 radical (unpaired) electrons. The van der Waals surface area contributed by atoms with Gasteiger partial charge in [0.15, 0.2) is 11.5 Å². The SMILES string of the molecule is Nc1cccc2c1CN(CC(=O)N1c3ccccc3Oc3ccccc31)CC2. The third-order valence-electron chi connectivity index (χ3n) is 5.43. The van der Waals surface area contributed by atoms with Crippen LogP contribution in [-0.4, -0.2) is 23.9 Å². The highest BCUT2D eigenvalue weighted by Gasteiger charge is 2.30. The minimum absolute atomic E-state index is 0.0288. The summed E-state index contributed by atoms with van der Waals surface area (Å²) in [7, 11) is 0. The van der Waals surface area contributed by atoms with E-state index in [2.05, 4.69) is 11.0 Å². The number of carbonyl (C=O) groups excluding carboxylic acids is 1. The number of nitrogens with zero attached hydrogens (tertiary/aromatic N) is 2. The van der Waals surface area contributed by atoms with Gasteiger partial charge in [-0.1, -0.05) is 36.4 Å². The molecule has 0 bridgehead atoms. The van der Waals surface area contributed by atoms with Crippen molar-refractivity contribution in [3.05, 3.63) is 77.9 Å². The van der Waals surface area contributed by atoms with Crippen molar-refractivity contribution in [3.8, 4) is 11.5 Å². The van der Waals surface area contributed by atoms with Crippen LogP contribution in [0.4, 0.5) is 17.1 Å². The Hall–Kier alpha value is -3.31. The van der Waals surface area contributed by atoms with E-state index in [0.717, 1.165) is 35.6 Å². The molecule has 2 N–H and O–H groups in total. The number of benzene rings is 3.